The average Bonchev–Trinajstić information content (AvgIpc) is 3.09. The summed E-state index contributed by atoms with van der Waals surface area (Å²) in [5.41, 5.74) is 4.47. The third-order valence-corrected chi connectivity index (χ3v) is 6.05. The van der Waals surface area contributed by atoms with Crippen LogP contribution in [0.2, 0.25) is 5.02 Å². The van der Waals surface area contributed by atoms with Gasteiger partial charge >= 0.3 is 0 Å². The first-order valence-electron chi connectivity index (χ1n) is 9.25. The fourth-order valence-electron chi connectivity index (χ4n) is 3.38. The number of thioether (sulfide) groups is 1. The number of fused-ring (bicyclic) bond motifs is 3. The summed E-state index contributed by atoms with van der Waals surface area (Å²) >= 11 is 7.79. The van der Waals surface area contributed by atoms with Gasteiger partial charge in [0.15, 0.2) is 5.16 Å². The zero-order valence-corrected chi connectivity index (χ0v) is 17.6. The number of aromatic nitrogens is 4. The molecule has 0 bridgehead atoms. The van der Waals surface area contributed by atoms with Gasteiger partial charge in [0.25, 0.3) is 5.56 Å². The molecule has 0 unspecified atom stereocenters. The molecule has 2 aromatic heterocycles. The maximum Gasteiger partial charge on any atom is 0.262 e. The molecule has 2 heterocycles. The van der Waals surface area contributed by atoms with Crippen molar-refractivity contribution in [3.8, 4) is 0 Å². The lowest BCUT2D eigenvalue weighted by molar-refractivity contribution is 0.662. The number of benzene rings is 2. The summed E-state index contributed by atoms with van der Waals surface area (Å²) in [6.45, 7) is 6.84. The van der Waals surface area contributed by atoms with Gasteiger partial charge in [0.1, 0.15) is 0 Å². The molecule has 28 heavy (non-hydrogen) atoms. The van der Waals surface area contributed by atoms with E-state index in [0.717, 1.165) is 22.8 Å². The van der Waals surface area contributed by atoms with Gasteiger partial charge < -0.3 is 0 Å². The molecular weight excluding hydrogens is 392 g/mol. The first-order chi connectivity index (χ1) is 13.5. The number of hydrogen-bond donors (Lipinski definition) is 0. The lowest BCUT2D eigenvalue weighted by Gasteiger charge is -2.11. The Balaban J connectivity index is 1.87. The molecule has 0 saturated heterocycles. The molecule has 7 heteroatoms. The van der Waals surface area contributed by atoms with Crippen molar-refractivity contribution >= 4 is 40.0 Å². The molecule has 5 nitrogen and oxygen atoms in total. The van der Waals surface area contributed by atoms with Crippen LogP contribution in [0.25, 0.3) is 16.7 Å². The van der Waals surface area contributed by atoms with Gasteiger partial charge in [-0.25, -0.2) is 0 Å². The maximum absolute atomic E-state index is 13.0. The second-order valence-electron chi connectivity index (χ2n) is 6.95. The van der Waals surface area contributed by atoms with Crippen molar-refractivity contribution in [3.63, 3.8) is 0 Å². The summed E-state index contributed by atoms with van der Waals surface area (Å²) in [6, 6.07) is 11.9. The lowest BCUT2D eigenvalue weighted by atomic mass is 10.1. The molecular formula is C21H21ClN4OS. The summed E-state index contributed by atoms with van der Waals surface area (Å²) in [5.74, 6) is 1.36. The minimum absolute atomic E-state index is 0.0784. The maximum atomic E-state index is 13.0. The van der Waals surface area contributed by atoms with Gasteiger partial charge in [-0.15, -0.1) is 10.2 Å². The summed E-state index contributed by atoms with van der Waals surface area (Å²) < 4.78 is 3.66. The van der Waals surface area contributed by atoms with Crippen LogP contribution in [-0.4, -0.2) is 19.2 Å². The van der Waals surface area contributed by atoms with Crippen LogP contribution in [0.4, 0.5) is 0 Å². The number of halogens is 1. The fraction of sp³-hybridized carbons (Fsp3) is 0.286. The Labute approximate surface area is 172 Å². The number of rotatable bonds is 5. The van der Waals surface area contributed by atoms with Gasteiger partial charge in [0.2, 0.25) is 5.78 Å². The Hall–Kier alpha value is -2.31. The number of aryl methyl sites for hydroxylation is 3. The second-order valence-corrected chi connectivity index (χ2v) is 8.33. The Morgan fingerprint density at radius 3 is 2.71 bits per heavy atom. The molecule has 0 saturated carbocycles. The smallest absolute Gasteiger partial charge is 0.262 e. The van der Waals surface area contributed by atoms with Crippen LogP contribution in [0.3, 0.4) is 0 Å². The largest absolute Gasteiger partial charge is 0.276 e. The van der Waals surface area contributed by atoms with Crippen LogP contribution in [0.15, 0.2) is 46.3 Å². The Bertz CT molecular complexity index is 1240. The van der Waals surface area contributed by atoms with Crippen LogP contribution in [-0.2, 0) is 12.3 Å². The van der Waals surface area contributed by atoms with E-state index in [1.165, 1.54) is 16.7 Å². The first kappa shape index (κ1) is 19.0. The average molecular weight is 413 g/mol. The molecule has 0 atom stereocenters. The van der Waals surface area contributed by atoms with Gasteiger partial charge in [-0.3, -0.25) is 13.8 Å². The Kier molecular flexibility index (Phi) is 5.17. The van der Waals surface area contributed by atoms with Crippen molar-refractivity contribution in [1.29, 1.82) is 0 Å². The molecule has 0 fully saturated rings. The highest BCUT2D eigenvalue weighted by Crippen LogP contribution is 2.27. The van der Waals surface area contributed by atoms with Crippen LogP contribution in [0.1, 0.15) is 30.0 Å². The van der Waals surface area contributed by atoms with Crippen molar-refractivity contribution < 1.29 is 0 Å². The summed E-state index contributed by atoms with van der Waals surface area (Å²) in [5, 5.41) is 10.6. The van der Waals surface area contributed by atoms with Crippen molar-refractivity contribution in [1.82, 2.24) is 19.2 Å². The predicted octanol–water partition coefficient (Wildman–Crippen LogP) is 5.02. The van der Waals surface area contributed by atoms with Gasteiger partial charge in [-0.05, 0) is 49.6 Å². The van der Waals surface area contributed by atoms with E-state index in [-0.39, 0.29) is 5.56 Å². The minimum Gasteiger partial charge on any atom is -0.276 e. The van der Waals surface area contributed by atoms with E-state index in [9.17, 15) is 4.79 Å². The third-order valence-electron chi connectivity index (χ3n) is 4.84. The quantitative estimate of drug-likeness (QED) is 0.432. The number of hydrogen-bond acceptors (Lipinski definition) is 4. The Morgan fingerprint density at radius 2 is 1.93 bits per heavy atom. The summed E-state index contributed by atoms with van der Waals surface area (Å²) in [6.07, 6.45) is 0.833. The van der Waals surface area contributed by atoms with Gasteiger partial charge in [0.05, 0.1) is 10.9 Å². The number of nitrogens with zero attached hydrogens (tertiary/aromatic N) is 4. The van der Waals surface area contributed by atoms with E-state index < -0.39 is 0 Å². The third kappa shape index (κ3) is 3.31. The Morgan fingerprint density at radius 1 is 1.11 bits per heavy atom. The monoisotopic (exact) mass is 412 g/mol. The minimum atomic E-state index is -0.0784. The summed E-state index contributed by atoms with van der Waals surface area (Å²) in [4.78, 5) is 13.0. The van der Waals surface area contributed by atoms with Gasteiger partial charge in [-0.2, -0.15) is 0 Å². The highest BCUT2D eigenvalue weighted by molar-refractivity contribution is 7.98. The molecule has 0 N–H and O–H groups in total. The lowest BCUT2D eigenvalue weighted by Crippen LogP contribution is -2.23. The van der Waals surface area contributed by atoms with E-state index in [0.29, 0.717) is 22.7 Å². The molecule has 0 aliphatic rings. The first-order valence-corrected chi connectivity index (χ1v) is 10.6. The van der Waals surface area contributed by atoms with E-state index in [4.69, 9.17) is 11.6 Å². The highest BCUT2D eigenvalue weighted by atomic mass is 35.5. The van der Waals surface area contributed by atoms with E-state index in [2.05, 4.69) is 42.2 Å². The van der Waals surface area contributed by atoms with E-state index >= 15 is 0 Å². The molecule has 4 aromatic rings. The fourth-order valence-corrected chi connectivity index (χ4v) is 4.55. The molecule has 0 spiro atoms. The van der Waals surface area contributed by atoms with Gasteiger partial charge in [0, 0.05) is 17.3 Å². The normalized spacial score (nSPS) is 11.6. The molecule has 0 amide bonds. The van der Waals surface area contributed by atoms with Crippen LogP contribution in [0, 0.1) is 13.8 Å². The van der Waals surface area contributed by atoms with Crippen LogP contribution in [0.5, 0.6) is 0 Å². The molecule has 0 aliphatic heterocycles. The topological polar surface area (TPSA) is 52.2 Å². The molecule has 0 radical (unpaired) electrons. The van der Waals surface area contributed by atoms with Crippen molar-refractivity contribution in [2.45, 2.75) is 44.6 Å². The molecule has 4 rings (SSSR count). The molecule has 0 aliphatic carbocycles. The molecule has 144 valence electrons. The van der Waals surface area contributed by atoms with E-state index in [1.54, 1.807) is 28.5 Å². The van der Waals surface area contributed by atoms with Crippen molar-refractivity contribution in [2.75, 3.05) is 0 Å². The second kappa shape index (κ2) is 7.60. The van der Waals surface area contributed by atoms with Gasteiger partial charge in [-0.1, -0.05) is 54.0 Å². The van der Waals surface area contributed by atoms with Crippen LogP contribution < -0.4 is 5.56 Å². The van der Waals surface area contributed by atoms with Crippen molar-refractivity contribution in [3.05, 3.63) is 68.5 Å². The summed E-state index contributed by atoms with van der Waals surface area (Å²) in [7, 11) is 0. The van der Waals surface area contributed by atoms with Crippen LogP contribution >= 0.6 is 23.4 Å². The van der Waals surface area contributed by atoms with Crippen molar-refractivity contribution in [2.24, 2.45) is 0 Å². The highest BCUT2D eigenvalue weighted by Gasteiger charge is 2.17. The zero-order chi connectivity index (χ0) is 19.8. The standard InChI is InChI=1S/C21H21ClN4OS/c1-4-9-25-19(27)17-11-16(22)7-8-18(17)26-20(25)23-24-21(26)28-12-15-10-13(2)5-6-14(15)3/h5-8,10-11H,4,9,12H2,1-3H3. The molecule has 2 aromatic carbocycles. The van der Waals surface area contributed by atoms with E-state index in [1.807, 2.05) is 17.4 Å². The SMILES string of the molecule is CCCn1c(=O)c2cc(Cl)ccc2n2c(SCc3cc(C)ccc3C)nnc12. The predicted molar refractivity (Wildman–Crippen MR) is 116 cm³/mol. The zero-order valence-electron chi connectivity index (χ0n) is 16.1.